The van der Waals surface area contributed by atoms with Crippen molar-refractivity contribution in [3.8, 4) is 12.3 Å². The van der Waals surface area contributed by atoms with Crippen LogP contribution in [0, 0.1) is 18.3 Å². The lowest BCUT2D eigenvalue weighted by Gasteiger charge is -2.29. The first kappa shape index (κ1) is 13.1. The number of piperidine rings is 1. The smallest absolute Gasteiger partial charge is 0.305 e. The highest BCUT2D eigenvalue weighted by molar-refractivity contribution is 5.68. The Morgan fingerprint density at radius 3 is 2.69 bits per heavy atom. The van der Waals surface area contributed by atoms with Gasteiger partial charge in [-0.05, 0) is 45.3 Å². The van der Waals surface area contributed by atoms with Gasteiger partial charge in [0.15, 0.2) is 0 Å². The largest absolute Gasteiger partial charge is 0.469 e. The third-order valence-corrected chi connectivity index (χ3v) is 3.16. The van der Waals surface area contributed by atoms with Crippen LogP contribution in [0.5, 0.6) is 0 Å². The third kappa shape index (κ3) is 4.67. The fourth-order valence-electron chi connectivity index (χ4n) is 2.03. The summed E-state index contributed by atoms with van der Waals surface area (Å²) < 4.78 is 4.60. The Morgan fingerprint density at radius 1 is 1.44 bits per heavy atom. The zero-order chi connectivity index (χ0) is 11.8. The predicted octanol–water partition coefficient (Wildman–Crippen LogP) is 1.67. The predicted molar refractivity (Wildman–Crippen MR) is 63.9 cm³/mol. The zero-order valence-electron chi connectivity index (χ0n) is 10.1. The molecule has 3 heteroatoms. The molecule has 1 aliphatic rings. The van der Waals surface area contributed by atoms with Crippen LogP contribution in [-0.2, 0) is 9.53 Å². The van der Waals surface area contributed by atoms with E-state index in [2.05, 4.69) is 15.6 Å². The zero-order valence-corrected chi connectivity index (χ0v) is 10.1. The number of methoxy groups -OCH3 is 1. The van der Waals surface area contributed by atoms with Crippen molar-refractivity contribution in [2.45, 2.75) is 32.1 Å². The molecule has 0 radical (unpaired) electrons. The second kappa shape index (κ2) is 7.29. The van der Waals surface area contributed by atoms with E-state index in [0.717, 1.165) is 45.3 Å². The molecule has 0 atom stereocenters. The van der Waals surface area contributed by atoms with Crippen LogP contribution in [0.4, 0.5) is 0 Å². The SMILES string of the molecule is C#CC1CCN(CCCCC(=O)OC)CC1. The van der Waals surface area contributed by atoms with E-state index in [1.54, 1.807) is 0 Å². The van der Waals surface area contributed by atoms with Gasteiger partial charge in [-0.1, -0.05) is 0 Å². The van der Waals surface area contributed by atoms with Crippen LogP contribution in [-0.4, -0.2) is 37.6 Å². The minimum Gasteiger partial charge on any atom is -0.469 e. The second-order valence-corrected chi connectivity index (χ2v) is 4.32. The molecule has 1 rings (SSSR count). The summed E-state index contributed by atoms with van der Waals surface area (Å²) in [5.74, 6) is 3.20. The molecule has 0 aromatic heterocycles. The molecule has 1 fully saturated rings. The molecule has 90 valence electrons. The van der Waals surface area contributed by atoms with Crippen molar-refractivity contribution >= 4 is 5.97 Å². The first-order chi connectivity index (χ1) is 7.76. The van der Waals surface area contributed by atoms with Gasteiger partial charge in [0.25, 0.3) is 0 Å². The summed E-state index contributed by atoms with van der Waals surface area (Å²) in [5.41, 5.74) is 0. The molecule has 16 heavy (non-hydrogen) atoms. The van der Waals surface area contributed by atoms with E-state index in [1.807, 2.05) is 0 Å². The van der Waals surface area contributed by atoms with E-state index >= 15 is 0 Å². The number of hydrogen-bond acceptors (Lipinski definition) is 3. The lowest BCUT2D eigenvalue weighted by molar-refractivity contribution is -0.140. The van der Waals surface area contributed by atoms with Crippen LogP contribution in [0.3, 0.4) is 0 Å². The lowest BCUT2D eigenvalue weighted by Crippen LogP contribution is -2.34. The van der Waals surface area contributed by atoms with Crippen LogP contribution >= 0.6 is 0 Å². The first-order valence-corrected chi connectivity index (χ1v) is 6.01. The van der Waals surface area contributed by atoms with Crippen LogP contribution in [0.25, 0.3) is 0 Å². The monoisotopic (exact) mass is 223 g/mol. The van der Waals surface area contributed by atoms with E-state index < -0.39 is 0 Å². The summed E-state index contributed by atoms with van der Waals surface area (Å²) in [6.45, 7) is 3.29. The third-order valence-electron chi connectivity index (χ3n) is 3.16. The normalized spacial score (nSPS) is 18.0. The Hall–Kier alpha value is -1.01. The van der Waals surface area contributed by atoms with Crippen LogP contribution in [0.2, 0.25) is 0 Å². The van der Waals surface area contributed by atoms with Crippen molar-refractivity contribution in [3.63, 3.8) is 0 Å². The highest BCUT2D eigenvalue weighted by Crippen LogP contribution is 2.16. The molecule has 1 saturated heterocycles. The van der Waals surface area contributed by atoms with Crippen LogP contribution in [0.1, 0.15) is 32.1 Å². The molecular formula is C13H21NO2. The Labute approximate surface area is 98.1 Å². The van der Waals surface area contributed by atoms with E-state index in [-0.39, 0.29) is 5.97 Å². The van der Waals surface area contributed by atoms with Gasteiger partial charge in [-0.25, -0.2) is 0 Å². The standard InChI is InChI=1S/C13H21NO2/c1-3-12-7-10-14(11-8-12)9-5-4-6-13(15)16-2/h1,12H,4-11H2,2H3. The van der Waals surface area contributed by atoms with E-state index in [0.29, 0.717) is 12.3 Å². The molecule has 1 heterocycles. The Kier molecular flexibility index (Phi) is 5.95. The van der Waals surface area contributed by atoms with Crippen molar-refractivity contribution in [2.24, 2.45) is 5.92 Å². The summed E-state index contributed by atoms with van der Waals surface area (Å²) in [4.78, 5) is 13.3. The molecular weight excluding hydrogens is 202 g/mol. The van der Waals surface area contributed by atoms with E-state index in [1.165, 1.54) is 7.11 Å². The molecule has 0 unspecified atom stereocenters. The number of terminal acetylenes is 1. The molecule has 0 aliphatic carbocycles. The quantitative estimate of drug-likeness (QED) is 0.403. The minimum atomic E-state index is -0.106. The van der Waals surface area contributed by atoms with E-state index in [9.17, 15) is 4.79 Å². The minimum absolute atomic E-state index is 0.106. The molecule has 3 nitrogen and oxygen atoms in total. The maximum absolute atomic E-state index is 10.9. The number of hydrogen-bond donors (Lipinski definition) is 0. The Bertz CT molecular complexity index is 249. The summed E-state index contributed by atoms with van der Waals surface area (Å²) in [5, 5.41) is 0. The van der Waals surface area contributed by atoms with Gasteiger partial charge < -0.3 is 9.64 Å². The van der Waals surface area contributed by atoms with Gasteiger partial charge in [-0.3, -0.25) is 4.79 Å². The van der Waals surface area contributed by atoms with Crippen molar-refractivity contribution < 1.29 is 9.53 Å². The Balaban J connectivity index is 2.03. The number of carbonyl (C=O) groups excluding carboxylic acids is 1. The van der Waals surface area contributed by atoms with Crippen molar-refractivity contribution in [2.75, 3.05) is 26.7 Å². The number of likely N-dealkylation sites (tertiary alicyclic amines) is 1. The second-order valence-electron chi connectivity index (χ2n) is 4.32. The highest BCUT2D eigenvalue weighted by Gasteiger charge is 2.16. The first-order valence-electron chi connectivity index (χ1n) is 6.01. The summed E-state index contributed by atoms with van der Waals surface area (Å²) >= 11 is 0. The lowest BCUT2D eigenvalue weighted by atomic mass is 9.98. The molecule has 0 aromatic rings. The highest BCUT2D eigenvalue weighted by atomic mass is 16.5. The topological polar surface area (TPSA) is 29.5 Å². The number of nitrogens with zero attached hydrogens (tertiary/aromatic N) is 1. The molecule has 0 spiro atoms. The molecule has 0 bridgehead atoms. The summed E-state index contributed by atoms with van der Waals surface area (Å²) in [6.07, 6.45) is 10.2. The maximum Gasteiger partial charge on any atom is 0.305 e. The number of rotatable bonds is 5. The van der Waals surface area contributed by atoms with Gasteiger partial charge in [0.2, 0.25) is 0 Å². The number of unbranched alkanes of at least 4 members (excludes halogenated alkanes) is 1. The van der Waals surface area contributed by atoms with Gasteiger partial charge in [0, 0.05) is 12.3 Å². The van der Waals surface area contributed by atoms with Gasteiger partial charge in [0.05, 0.1) is 7.11 Å². The van der Waals surface area contributed by atoms with Crippen molar-refractivity contribution in [3.05, 3.63) is 0 Å². The van der Waals surface area contributed by atoms with Gasteiger partial charge >= 0.3 is 5.97 Å². The average Bonchev–Trinajstić information content (AvgIpc) is 2.35. The summed E-state index contributed by atoms with van der Waals surface area (Å²) in [7, 11) is 1.44. The van der Waals surface area contributed by atoms with Crippen LogP contribution in [0.15, 0.2) is 0 Å². The van der Waals surface area contributed by atoms with Crippen LogP contribution < -0.4 is 0 Å². The molecule has 0 N–H and O–H groups in total. The van der Waals surface area contributed by atoms with Gasteiger partial charge in [0.1, 0.15) is 0 Å². The van der Waals surface area contributed by atoms with Crippen molar-refractivity contribution in [1.82, 2.24) is 4.90 Å². The molecule has 0 saturated carbocycles. The molecule has 0 amide bonds. The van der Waals surface area contributed by atoms with E-state index in [4.69, 9.17) is 6.42 Å². The molecule has 0 aromatic carbocycles. The van der Waals surface area contributed by atoms with Gasteiger partial charge in [-0.2, -0.15) is 0 Å². The maximum atomic E-state index is 10.9. The fourth-order valence-corrected chi connectivity index (χ4v) is 2.03. The Morgan fingerprint density at radius 2 is 2.12 bits per heavy atom. The fraction of sp³-hybridized carbons (Fsp3) is 0.769. The van der Waals surface area contributed by atoms with Crippen molar-refractivity contribution in [1.29, 1.82) is 0 Å². The number of ether oxygens (including phenoxy) is 1. The summed E-state index contributed by atoms with van der Waals surface area (Å²) in [6, 6.07) is 0. The average molecular weight is 223 g/mol. The number of esters is 1. The van der Waals surface area contributed by atoms with Gasteiger partial charge in [-0.15, -0.1) is 12.3 Å². The number of carbonyl (C=O) groups is 1. The molecule has 1 aliphatic heterocycles.